The maximum absolute atomic E-state index is 13.1. The van der Waals surface area contributed by atoms with Gasteiger partial charge in [0, 0.05) is 37.6 Å². The minimum Gasteiger partial charge on any atom is -0.369 e. The Morgan fingerprint density at radius 2 is 1.70 bits per heavy atom. The van der Waals surface area contributed by atoms with E-state index in [-0.39, 0.29) is 5.91 Å². The Labute approximate surface area is 159 Å². The van der Waals surface area contributed by atoms with Crippen LogP contribution in [0, 0.1) is 13.8 Å². The maximum Gasteiger partial charge on any atom is 0.243 e. The third-order valence-electron chi connectivity index (χ3n) is 5.28. The molecule has 0 spiro atoms. The van der Waals surface area contributed by atoms with Gasteiger partial charge in [0.25, 0.3) is 0 Å². The van der Waals surface area contributed by atoms with Gasteiger partial charge < -0.3 is 10.2 Å². The van der Waals surface area contributed by atoms with Gasteiger partial charge >= 0.3 is 0 Å². The molecule has 0 saturated carbocycles. The summed E-state index contributed by atoms with van der Waals surface area (Å²) in [6, 6.07) is 11.5. The highest BCUT2D eigenvalue weighted by Crippen LogP contribution is 2.29. The smallest absolute Gasteiger partial charge is 0.243 e. The van der Waals surface area contributed by atoms with E-state index < -0.39 is 10.0 Å². The number of fused-ring (bicyclic) bond motifs is 1. The molecule has 1 N–H and O–H groups in total. The van der Waals surface area contributed by atoms with E-state index in [4.69, 9.17) is 0 Å². The number of sulfonamides is 1. The van der Waals surface area contributed by atoms with E-state index in [0.717, 1.165) is 28.1 Å². The number of nitrogens with zero attached hydrogens (tertiary/aromatic N) is 2. The monoisotopic (exact) mass is 385 g/mol. The number of carbonyl (C=O) groups is 1. The van der Waals surface area contributed by atoms with Crippen molar-refractivity contribution in [1.29, 1.82) is 0 Å². The van der Waals surface area contributed by atoms with Gasteiger partial charge in [0.15, 0.2) is 0 Å². The number of benzene rings is 2. The Bertz CT molecular complexity index is 1010. The van der Waals surface area contributed by atoms with Crippen molar-refractivity contribution in [2.75, 3.05) is 36.4 Å². The Hall–Kier alpha value is -2.38. The first-order valence-electron chi connectivity index (χ1n) is 9.10. The molecule has 0 aliphatic carbocycles. The van der Waals surface area contributed by atoms with Gasteiger partial charge in [0.2, 0.25) is 15.9 Å². The van der Waals surface area contributed by atoms with Crippen LogP contribution in [-0.2, 0) is 21.2 Å². The van der Waals surface area contributed by atoms with Crippen molar-refractivity contribution in [1.82, 2.24) is 4.31 Å². The van der Waals surface area contributed by atoms with Crippen LogP contribution in [0.15, 0.2) is 41.3 Å². The molecule has 0 aromatic heterocycles. The van der Waals surface area contributed by atoms with E-state index >= 15 is 0 Å². The molecule has 27 heavy (non-hydrogen) atoms. The van der Waals surface area contributed by atoms with Crippen LogP contribution in [0.2, 0.25) is 0 Å². The summed E-state index contributed by atoms with van der Waals surface area (Å²) in [6.07, 6.45) is 0.407. The van der Waals surface area contributed by atoms with E-state index in [1.807, 2.05) is 44.2 Å². The summed E-state index contributed by atoms with van der Waals surface area (Å²) in [5.41, 5.74) is 4.63. The molecule has 142 valence electrons. The fraction of sp³-hybridized carbons (Fsp3) is 0.350. The summed E-state index contributed by atoms with van der Waals surface area (Å²) < 4.78 is 27.7. The third kappa shape index (κ3) is 3.33. The average molecular weight is 385 g/mol. The Kier molecular flexibility index (Phi) is 4.44. The summed E-state index contributed by atoms with van der Waals surface area (Å²) >= 11 is 0. The molecule has 0 radical (unpaired) electrons. The van der Waals surface area contributed by atoms with Crippen LogP contribution in [0.5, 0.6) is 0 Å². The number of piperazine rings is 1. The van der Waals surface area contributed by atoms with Crippen LogP contribution >= 0.6 is 0 Å². The Morgan fingerprint density at radius 3 is 2.44 bits per heavy atom. The first-order chi connectivity index (χ1) is 12.8. The molecule has 2 aliphatic rings. The second kappa shape index (κ2) is 6.65. The Morgan fingerprint density at radius 1 is 0.963 bits per heavy atom. The highest BCUT2D eigenvalue weighted by Gasteiger charge is 2.30. The van der Waals surface area contributed by atoms with Gasteiger partial charge in [0.1, 0.15) is 0 Å². The molecule has 7 heteroatoms. The second-order valence-corrected chi connectivity index (χ2v) is 9.13. The first-order valence-corrected chi connectivity index (χ1v) is 10.5. The highest BCUT2D eigenvalue weighted by molar-refractivity contribution is 7.89. The zero-order chi connectivity index (χ0) is 19.2. The number of nitrogens with one attached hydrogen (secondary N) is 1. The fourth-order valence-corrected chi connectivity index (χ4v) is 5.46. The molecule has 0 unspecified atom stereocenters. The van der Waals surface area contributed by atoms with Crippen molar-refractivity contribution in [3.8, 4) is 0 Å². The van der Waals surface area contributed by atoms with E-state index in [2.05, 4.69) is 10.2 Å². The van der Waals surface area contributed by atoms with Crippen LogP contribution in [0.4, 0.5) is 11.4 Å². The van der Waals surface area contributed by atoms with Gasteiger partial charge in [-0.05, 0) is 54.8 Å². The van der Waals surface area contributed by atoms with Crippen LogP contribution in [0.1, 0.15) is 16.7 Å². The van der Waals surface area contributed by atoms with Crippen molar-refractivity contribution < 1.29 is 13.2 Å². The predicted octanol–water partition coefficient (Wildman–Crippen LogP) is 2.31. The quantitative estimate of drug-likeness (QED) is 0.880. The zero-order valence-electron chi connectivity index (χ0n) is 15.5. The van der Waals surface area contributed by atoms with Gasteiger partial charge in [0.05, 0.1) is 11.3 Å². The molecule has 1 fully saturated rings. The number of anilines is 2. The van der Waals surface area contributed by atoms with Crippen molar-refractivity contribution in [2.24, 2.45) is 0 Å². The van der Waals surface area contributed by atoms with Gasteiger partial charge in [-0.15, -0.1) is 0 Å². The highest BCUT2D eigenvalue weighted by atomic mass is 32.2. The van der Waals surface area contributed by atoms with Crippen LogP contribution in [0.3, 0.4) is 0 Å². The molecule has 1 amide bonds. The lowest BCUT2D eigenvalue weighted by atomic mass is 10.1. The predicted molar refractivity (Wildman–Crippen MR) is 106 cm³/mol. The summed E-state index contributed by atoms with van der Waals surface area (Å²) in [4.78, 5) is 14.1. The van der Waals surface area contributed by atoms with E-state index in [1.165, 1.54) is 0 Å². The molecule has 2 aromatic carbocycles. The summed E-state index contributed by atoms with van der Waals surface area (Å²) in [7, 11) is -3.49. The number of amides is 1. The SMILES string of the molecule is Cc1ccc(C)c(S(=O)(=O)N2CCN(c3ccc4c(c3)CC(=O)N4)CC2)c1. The van der Waals surface area contributed by atoms with Crippen LogP contribution in [0.25, 0.3) is 0 Å². The van der Waals surface area contributed by atoms with Crippen molar-refractivity contribution in [2.45, 2.75) is 25.2 Å². The van der Waals surface area contributed by atoms with Crippen LogP contribution in [-0.4, -0.2) is 44.8 Å². The normalized spacial score (nSPS) is 17.7. The maximum atomic E-state index is 13.1. The molecule has 2 aromatic rings. The molecule has 2 heterocycles. The topological polar surface area (TPSA) is 69.7 Å². The van der Waals surface area contributed by atoms with Crippen LogP contribution < -0.4 is 10.2 Å². The van der Waals surface area contributed by atoms with E-state index in [1.54, 1.807) is 10.4 Å². The van der Waals surface area contributed by atoms with Gasteiger partial charge in [-0.25, -0.2) is 8.42 Å². The Balaban J connectivity index is 1.50. The van der Waals surface area contributed by atoms with Gasteiger partial charge in [-0.1, -0.05) is 12.1 Å². The molecule has 0 atom stereocenters. The number of carbonyl (C=O) groups excluding carboxylic acids is 1. The molecule has 2 aliphatic heterocycles. The molecule has 1 saturated heterocycles. The largest absolute Gasteiger partial charge is 0.369 e. The van der Waals surface area contributed by atoms with Crippen molar-refractivity contribution >= 4 is 27.3 Å². The first kappa shape index (κ1) is 18.0. The molecule has 4 rings (SSSR count). The molecular formula is C20H23N3O3S. The fourth-order valence-electron chi connectivity index (χ4n) is 3.72. The van der Waals surface area contributed by atoms with E-state index in [9.17, 15) is 13.2 Å². The summed E-state index contributed by atoms with van der Waals surface area (Å²) in [6.45, 7) is 5.90. The molecule has 6 nitrogen and oxygen atoms in total. The van der Waals surface area contributed by atoms with Crippen molar-refractivity contribution in [3.05, 3.63) is 53.1 Å². The van der Waals surface area contributed by atoms with Gasteiger partial charge in [-0.2, -0.15) is 4.31 Å². The summed E-state index contributed by atoms with van der Waals surface area (Å²) in [5.74, 6) is 0.0200. The standard InChI is InChI=1S/C20H23N3O3S/c1-14-3-4-15(2)19(11-14)27(25,26)23-9-7-22(8-10-23)17-5-6-18-16(12-17)13-20(24)21-18/h3-6,11-12H,7-10,13H2,1-2H3,(H,21,24). The molecule has 0 bridgehead atoms. The second-order valence-electron chi connectivity index (χ2n) is 7.23. The third-order valence-corrected chi connectivity index (χ3v) is 7.32. The zero-order valence-corrected chi connectivity index (χ0v) is 16.3. The summed E-state index contributed by atoms with van der Waals surface area (Å²) in [5, 5.41) is 2.84. The minimum atomic E-state index is -3.49. The number of rotatable bonds is 3. The number of hydrogen-bond donors (Lipinski definition) is 1. The number of hydrogen-bond acceptors (Lipinski definition) is 4. The lowest BCUT2D eigenvalue weighted by molar-refractivity contribution is -0.115. The number of aryl methyl sites for hydroxylation is 2. The average Bonchev–Trinajstić information content (AvgIpc) is 3.03. The van der Waals surface area contributed by atoms with Gasteiger partial charge in [-0.3, -0.25) is 4.79 Å². The lowest BCUT2D eigenvalue weighted by Gasteiger charge is -2.35. The van der Waals surface area contributed by atoms with E-state index in [0.29, 0.717) is 37.5 Å². The minimum absolute atomic E-state index is 0.0200. The van der Waals surface area contributed by atoms with Crippen molar-refractivity contribution in [3.63, 3.8) is 0 Å². The molecular weight excluding hydrogens is 362 g/mol. The lowest BCUT2D eigenvalue weighted by Crippen LogP contribution is -2.48.